The van der Waals surface area contributed by atoms with Crippen molar-refractivity contribution in [3.05, 3.63) is 35.9 Å². The first kappa shape index (κ1) is 17.1. The van der Waals surface area contributed by atoms with Crippen molar-refractivity contribution in [2.45, 2.75) is 50.8 Å². The van der Waals surface area contributed by atoms with Crippen molar-refractivity contribution in [2.24, 2.45) is 0 Å². The minimum atomic E-state index is -1.11. The Kier molecular flexibility index (Phi) is 4.83. The van der Waals surface area contributed by atoms with E-state index in [0.29, 0.717) is 5.56 Å². The number of nitrogens with zero attached hydrogens (tertiary/aromatic N) is 1. The molecule has 25 heavy (non-hydrogen) atoms. The Morgan fingerprint density at radius 2 is 1.72 bits per heavy atom. The van der Waals surface area contributed by atoms with E-state index >= 15 is 0 Å². The van der Waals surface area contributed by atoms with Gasteiger partial charge in [-0.15, -0.1) is 0 Å². The highest BCUT2D eigenvalue weighted by molar-refractivity contribution is 6.05. The fourth-order valence-corrected chi connectivity index (χ4v) is 2.75. The summed E-state index contributed by atoms with van der Waals surface area (Å²) in [5.74, 6) is -1.96. The summed E-state index contributed by atoms with van der Waals surface area (Å²) >= 11 is 0. The monoisotopic (exact) mass is 344 g/mol. The first-order valence-corrected chi connectivity index (χ1v) is 8.38. The van der Waals surface area contributed by atoms with Crippen LogP contribution in [0.3, 0.4) is 0 Å². The van der Waals surface area contributed by atoms with Gasteiger partial charge in [0.05, 0.1) is 0 Å². The maximum Gasteiger partial charge on any atom is 0.330 e. The Hall–Kier alpha value is -2.70. The molecule has 0 bridgehead atoms. The highest BCUT2D eigenvalue weighted by Gasteiger charge is 2.39. The lowest BCUT2D eigenvalue weighted by Gasteiger charge is -2.24. The quantitative estimate of drug-likeness (QED) is 0.616. The number of rotatable bonds is 6. The van der Waals surface area contributed by atoms with Gasteiger partial charge < -0.3 is 10.1 Å². The Morgan fingerprint density at radius 3 is 2.28 bits per heavy atom. The third-order valence-corrected chi connectivity index (χ3v) is 4.32. The lowest BCUT2D eigenvalue weighted by atomic mass is 10.1. The van der Waals surface area contributed by atoms with Crippen LogP contribution in [0.1, 0.15) is 44.3 Å². The number of carbonyl (C=O) groups is 4. The number of nitrogens with one attached hydrogen (secondary N) is 1. The standard InChI is InChI=1S/C18H20N2O5/c1-11(20-14(21)9-10-15(20)22)18(24)25-16(12-5-3-2-4-6-12)17(23)19-13-7-8-13/h2-6,11,13,16H,7-10H2,1H3,(H,19,23). The highest BCUT2D eigenvalue weighted by Crippen LogP contribution is 2.24. The predicted octanol–water partition coefficient (Wildman–Crippen LogP) is 1.09. The molecule has 7 nitrogen and oxygen atoms in total. The van der Waals surface area contributed by atoms with E-state index in [4.69, 9.17) is 4.74 Å². The third-order valence-electron chi connectivity index (χ3n) is 4.32. The van der Waals surface area contributed by atoms with Gasteiger partial charge in [0, 0.05) is 24.4 Å². The summed E-state index contributed by atoms with van der Waals surface area (Å²) in [5.41, 5.74) is 0.542. The van der Waals surface area contributed by atoms with Crippen LogP contribution < -0.4 is 5.32 Å². The van der Waals surface area contributed by atoms with Crippen LogP contribution in [0.4, 0.5) is 0 Å². The molecular formula is C18H20N2O5. The lowest BCUT2D eigenvalue weighted by molar-refractivity contribution is -0.164. The second-order valence-electron chi connectivity index (χ2n) is 6.34. The zero-order chi connectivity index (χ0) is 18.0. The summed E-state index contributed by atoms with van der Waals surface area (Å²) in [6.07, 6.45) is 0.911. The highest BCUT2D eigenvalue weighted by atomic mass is 16.5. The van der Waals surface area contributed by atoms with Crippen LogP contribution in [0.2, 0.25) is 0 Å². The molecule has 0 aromatic heterocycles. The molecule has 1 N–H and O–H groups in total. The van der Waals surface area contributed by atoms with Crippen LogP contribution in [0.5, 0.6) is 0 Å². The van der Waals surface area contributed by atoms with Gasteiger partial charge >= 0.3 is 5.97 Å². The summed E-state index contributed by atoms with van der Waals surface area (Å²) < 4.78 is 5.40. The van der Waals surface area contributed by atoms with Crippen molar-refractivity contribution in [1.29, 1.82) is 0 Å². The summed E-state index contributed by atoms with van der Waals surface area (Å²) in [5, 5.41) is 2.82. The number of benzene rings is 1. The van der Waals surface area contributed by atoms with Gasteiger partial charge in [0.15, 0.2) is 0 Å². The van der Waals surface area contributed by atoms with E-state index in [9.17, 15) is 19.2 Å². The molecule has 1 saturated carbocycles. The first-order chi connectivity index (χ1) is 12.0. The number of hydrogen-bond acceptors (Lipinski definition) is 5. The average molecular weight is 344 g/mol. The largest absolute Gasteiger partial charge is 0.446 e. The molecule has 2 fully saturated rings. The topological polar surface area (TPSA) is 92.8 Å². The first-order valence-electron chi connectivity index (χ1n) is 8.38. The summed E-state index contributed by atoms with van der Waals surface area (Å²) in [6.45, 7) is 1.43. The number of hydrogen-bond donors (Lipinski definition) is 1. The predicted molar refractivity (Wildman–Crippen MR) is 87.0 cm³/mol. The Labute approximate surface area is 145 Å². The molecule has 7 heteroatoms. The van der Waals surface area contributed by atoms with Gasteiger partial charge in [0.25, 0.3) is 5.91 Å². The number of likely N-dealkylation sites (tertiary alicyclic amines) is 1. The van der Waals surface area contributed by atoms with Crippen molar-refractivity contribution in [1.82, 2.24) is 10.2 Å². The van der Waals surface area contributed by atoms with E-state index in [0.717, 1.165) is 17.7 Å². The van der Waals surface area contributed by atoms with Crippen LogP contribution in [0, 0.1) is 0 Å². The molecule has 2 atom stereocenters. The smallest absolute Gasteiger partial charge is 0.330 e. The zero-order valence-electron chi connectivity index (χ0n) is 13.9. The van der Waals surface area contributed by atoms with Gasteiger partial charge in [-0.25, -0.2) is 4.79 Å². The van der Waals surface area contributed by atoms with E-state index in [1.54, 1.807) is 30.3 Å². The summed E-state index contributed by atoms with van der Waals surface area (Å²) in [4.78, 5) is 49.4. The van der Waals surface area contributed by atoms with Crippen molar-refractivity contribution < 1.29 is 23.9 Å². The normalized spacial score (nSPS) is 19.5. The molecule has 132 valence electrons. The van der Waals surface area contributed by atoms with E-state index < -0.39 is 35.8 Å². The van der Waals surface area contributed by atoms with E-state index in [2.05, 4.69) is 5.32 Å². The summed E-state index contributed by atoms with van der Waals surface area (Å²) in [6, 6.07) is 7.75. The second-order valence-corrected chi connectivity index (χ2v) is 6.34. The molecule has 3 rings (SSSR count). The van der Waals surface area contributed by atoms with E-state index in [-0.39, 0.29) is 18.9 Å². The number of carbonyl (C=O) groups excluding carboxylic acids is 4. The Bertz CT molecular complexity index is 683. The minimum absolute atomic E-state index is 0.0979. The fourth-order valence-electron chi connectivity index (χ4n) is 2.75. The zero-order valence-corrected chi connectivity index (χ0v) is 13.9. The second kappa shape index (κ2) is 7.04. The number of imide groups is 1. The molecule has 1 aromatic carbocycles. The average Bonchev–Trinajstić information content (AvgIpc) is 3.35. The van der Waals surface area contributed by atoms with Crippen molar-refractivity contribution in [3.63, 3.8) is 0 Å². The van der Waals surface area contributed by atoms with Gasteiger partial charge in [-0.1, -0.05) is 30.3 Å². The van der Waals surface area contributed by atoms with Crippen LogP contribution in [0.15, 0.2) is 30.3 Å². The van der Waals surface area contributed by atoms with Crippen molar-refractivity contribution in [2.75, 3.05) is 0 Å². The molecule has 1 aliphatic carbocycles. The van der Waals surface area contributed by atoms with Gasteiger partial charge in [-0.3, -0.25) is 19.3 Å². The van der Waals surface area contributed by atoms with Gasteiger partial charge in [0.2, 0.25) is 17.9 Å². The van der Waals surface area contributed by atoms with Crippen LogP contribution in [-0.2, 0) is 23.9 Å². The van der Waals surface area contributed by atoms with Gasteiger partial charge in [-0.05, 0) is 19.8 Å². The molecule has 2 unspecified atom stereocenters. The molecule has 1 saturated heterocycles. The number of esters is 1. The molecule has 0 radical (unpaired) electrons. The summed E-state index contributed by atoms with van der Waals surface area (Å²) in [7, 11) is 0. The van der Waals surface area contributed by atoms with Crippen molar-refractivity contribution in [3.8, 4) is 0 Å². The van der Waals surface area contributed by atoms with Gasteiger partial charge in [0.1, 0.15) is 6.04 Å². The maximum atomic E-state index is 12.5. The lowest BCUT2D eigenvalue weighted by Crippen LogP contribution is -2.44. The number of ether oxygens (including phenoxy) is 1. The Morgan fingerprint density at radius 1 is 1.12 bits per heavy atom. The van der Waals surface area contributed by atoms with Crippen molar-refractivity contribution >= 4 is 23.7 Å². The molecule has 1 aliphatic heterocycles. The maximum absolute atomic E-state index is 12.5. The van der Waals surface area contributed by atoms with E-state index in [1.807, 2.05) is 0 Å². The minimum Gasteiger partial charge on any atom is -0.446 e. The molecule has 0 spiro atoms. The molecule has 2 aliphatic rings. The van der Waals surface area contributed by atoms with Crippen LogP contribution in [-0.4, -0.2) is 40.7 Å². The number of amides is 3. The van der Waals surface area contributed by atoms with E-state index in [1.165, 1.54) is 6.92 Å². The third kappa shape index (κ3) is 3.87. The van der Waals surface area contributed by atoms with Crippen LogP contribution >= 0.6 is 0 Å². The molecule has 1 heterocycles. The van der Waals surface area contributed by atoms with Gasteiger partial charge in [-0.2, -0.15) is 0 Å². The molecule has 1 aromatic rings. The molecule has 3 amide bonds. The Balaban J connectivity index is 1.74. The fraction of sp³-hybridized carbons (Fsp3) is 0.444. The SMILES string of the molecule is CC(C(=O)OC(C(=O)NC1CC1)c1ccccc1)N1C(=O)CCC1=O. The van der Waals surface area contributed by atoms with Crippen LogP contribution in [0.25, 0.3) is 0 Å². The molecular weight excluding hydrogens is 324 g/mol.